The van der Waals surface area contributed by atoms with E-state index in [0.29, 0.717) is 12.0 Å². The Morgan fingerprint density at radius 2 is 1.08 bits per heavy atom. The summed E-state index contributed by atoms with van der Waals surface area (Å²) in [5.41, 5.74) is 3.07. The van der Waals surface area contributed by atoms with Crippen molar-refractivity contribution in [3.8, 4) is 0 Å². The molecule has 0 aromatic heterocycles. The van der Waals surface area contributed by atoms with E-state index < -0.39 is 72.1 Å². The Balaban J connectivity index is 0.000000888. The molecule has 0 aliphatic carbocycles. The van der Waals surface area contributed by atoms with E-state index in [1.54, 1.807) is 26.0 Å². The minimum absolute atomic E-state index is 0. The molecule has 2 aromatic rings. The molecule has 5 atom stereocenters. The van der Waals surface area contributed by atoms with Gasteiger partial charge in [0.05, 0.1) is 25.1 Å². The minimum Gasteiger partial charge on any atom is -0.793 e. The molecule has 18 nitrogen and oxygen atoms in total. The number of carboxylic acid groups (broad SMARTS) is 2. The molecular formula is C40H49BN2NaO16. The number of rotatable bonds is 10. The average molecular weight is 848 g/mol. The van der Waals surface area contributed by atoms with Crippen molar-refractivity contribution < 1.29 is 107 Å². The van der Waals surface area contributed by atoms with Crippen LogP contribution in [0.25, 0.3) is 0 Å². The van der Waals surface area contributed by atoms with Gasteiger partial charge in [-0.15, -0.1) is 13.2 Å². The Bertz CT molecular complexity index is 1780. The van der Waals surface area contributed by atoms with Gasteiger partial charge in [-0.25, -0.2) is 38.5 Å². The molecule has 1 unspecified atom stereocenters. The number of aliphatic hydroxyl groups excluding tert-OH is 1. The third-order valence-corrected chi connectivity index (χ3v) is 8.06. The molecule has 2 fully saturated rings. The maximum Gasteiger partial charge on any atom is 1.00 e. The number of amides is 2. The summed E-state index contributed by atoms with van der Waals surface area (Å²) in [5.74, 6) is -5.73. The first kappa shape index (κ1) is 54.5. The van der Waals surface area contributed by atoms with Gasteiger partial charge in [-0.2, -0.15) is 0 Å². The summed E-state index contributed by atoms with van der Waals surface area (Å²) in [6, 6.07) is 15.9. The number of carbonyl (C=O) groups excluding carboxylic acids is 6. The van der Waals surface area contributed by atoms with E-state index in [2.05, 4.69) is 35.6 Å². The molecule has 2 aromatic carbocycles. The van der Waals surface area contributed by atoms with Crippen molar-refractivity contribution >= 4 is 55.9 Å². The van der Waals surface area contributed by atoms with Crippen LogP contribution in [0.2, 0.25) is 0 Å². The number of carbonyl (C=O) groups is 8. The fourth-order valence-corrected chi connectivity index (χ4v) is 5.63. The number of aliphatic carboxylic acids is 2. The number of ketones is 1. The van der Waals surface area contributed by atoms with Crippen LogP contribution in [-0.2, 0) is 65.9 Å². The Morgan fingerprint density at radius 3 is 1.43 bits per heavy atom. The van der Waals surface area contributed by atoms with E-state index in [-0.39, 0.29) is 68.1 Å². The molecule has 0 saturated carbocycles. The third-order valence-electron chi connectivity index (χ3n) is 8.06. The van der Waals surface area contributed by atoms with E-state index >= 15 is 0 Å². The zero-order valence-corrected chi connectivity index (χ0v) is 36.4. The van der Waals surface area contributed by atoms with Gasteiger partial charge >= 0.3 is 65.6 Å². The van der Waals surface area contributed by atoms with Crippen LogP contribution in [-0.4, -0.2) is 112 Å². The molecular weight excluding hydrogens is 798 g/mol. The molecule has 2 aliphatic rings. The number of nitrogens with zero attached hydrogens (tertiary/aromatic N) is 2. The van der Waals surface area contributed by atoms with Crippen molar-refractivity contribution in [2.75, 3.05) is 13.1 Å². The van der Waals surface area contributed by atoms with Crippen LogP contribution in [0, 0.1) is 11.8 Å². The SMILES string of the molecule is C=C(C)C[C@H]1C(=O)CN(C(=O)OCc2ccccc2)[C@@H]1C(=O)O.C=C(C)C[C@H]1C(O)CN(C(=O)OCc2ccccc2)[C@@H]1C(=O)O.CC(=O)OOC(C)=O.[B-]OC(C)=O.[Na+]. The van der Waals surface area contributed by atoms with Crippen molar-refractivity contribution in [3.63, 3.8) is 0 Å². The van der Waals surface area contributed by atoms with Crippen LogP contribution in [0.4, 0.5) is 9.59 Å². The van der Waals surface area contributed by atoms with Gasteiger partial charge in [0.1, 0.15) is 25.3 Å². The summed E-state index contributed by atoms with van der Waals surface area (Å²) in [6.45, 7) is 14.3. The molecule has 319 valence electrons. The van der Waals surface area contributed by atoms with Crippen molar-refractivity contribution in [2.24, 2.45) is 11.8 Å². The molecule has 3 N–H and O–H groups in total. The first-order chi connectivity index (χ1) is 27.7. The number of Topliss-reactive ketones (excluding diaryl/α,β-unsaturated/α-hetero) is 1. The van der Waals surface area contributed by atoms with Gasteiger partial charge in [-0.05, 0) is 37.8 Å². The van der Waals surface area contributed by atoms with E-state index in [4.69, 9.17) is 9.47 Å². The van der Waals surface area contributed by atoms with E-state index in [0.717, 1.165) is 40.3 Å². The number of likely N-dealkylation sites (tertiary alicyclic amines) is 2. The largest absolute Gasteiger partial charge is 1.00 e. The second-order valence-electron chi connectivity index (χ2n) is 13.3. The number of β-amino-alcohol motifs (C(OH)–C–C–N with tert-alkyl or cyclic N) is 1. The Kier molecular flexibility index (Phi) is 25.5. The van der Waals surface area contributed by atoms with Crippen LogP contribution < -0.4 is 29.6 Å². The minimum atomic E-state index is -1.21. The average Bonchev–Trinajstić information content (AvgIpc) is 3.68. The predicted octanol–water partition coefficient (Wildman–Crippen LogP) is 0.943. The van der Waals surface area contributed by atoms with Gasteiger partial charge in [-0.3, -0.25) is 19.4 Å². The predicted molar refractivity (Wildman–Crippen MR) is 207 cm³/mol. The van der Waals surface area contributed by atoms with Gasteiger partial charge in [0, 0.05) is 26.7 Å². The Morgan fingerprint density at radius 1 is 0.683 bits per heavy atom. The van der Waals surface area contributed by atoms with Gasteiger partial charge in [0.25, 0.3) is 0 Å². The number of carboxylic acids is 2. The molecule has 0 spiro atoms. The molecule has 60 heavy (non-hydrogen) atoms. The molecule has 3 radical (unpaired) electrons. The van der Waals surface area contributed by atoms with Crippen LogP contribution >= 0.6 is 0 Å². The zero-order valence-electron chi connectivity index (χ0n) is 34.4. The standard InChI is InChI=1S/C17H21NO5.C17H19NO5.C4H6O4.C2H3BO2.Na/c2*1-11(2)8-13-14(19)9-18(15(13)16(20)21)17(22)23-10-12-6-4-3-5-7-12;1-3(5)7-8-4(2)6;1-2(4)5-3;/h3-7,13-15,19H,1,8-10H2,2H3,(H,20,21);3-7,13,15H,1,8-10H2,2H3,(H,20,21);1-2H3;1H3;/q;;;-1;+1/t13-,14?,15-;13-,15-;;;/m00.../s1. The number of aliphatic hydroxyl groups is 1. The maximum atomic E-state index is 12.2. The molecule has 0 bridgehead atoms. The summed E-state index contributed by atoms with van der Waals surface area (Å²) < 4.78 is 13.9. The normalized spacial score (nSPS) is 18.4. The topological polar surface area (TPSA) is 250 Å². The molecule has 2 saturated heterocycles. The smallest absolute Gasteiger partial charge is 0.793 e. The molecule has 20 heteroatoms. The van der Waals surface area contributed by atoms with Crippen molar-refractivity contribution in [1.29, 1.82) is 0 Å². The maximum absolute atomic E-state index is 12.2. The van der Waals surface area contributed by atoms with Crippen LogP contribution in [0.1, 0.15) is 58.6 Å². The number of hydrogen-bond acceptors (Lipinski definition) is 14. The number of allylic oxidation sites excluding steroid dienone is 2. The van der Waals surface area contributed by atoms with Crippen molar-refractivity contribution in [1.82, 2.24) is 9.80 Å². The van der Waals surface area contributed by atoms with E-state index in [9.17, 15) is 53.7 Å². The van der Waals surface area contributed by atoms with Crippen LogP contribution in [0.5, 0.6) is 0 Å². The van der Waals surface area contributed by atoms with Gasteiger partial charge in [0.15, 0.2) is 5.78 Å². The monoisotopic (exact) mass is 847 g/mol. The van der Waals surface area contributed by atoms with Crippen LogP contribution in [0.15, 0.2) is 85.0 Å². The Labute approximate surface area is 371 Å². The van der Waals surface area contributed by atoms with E-state index in [1.165, 1.54) is 6.92 Å². The van der Waals surface area contributed by atoms with Crippen LogP contribution in [0.3, 0.4) is 0 Å². The summed E-state index contributed by atoms with van der Waals surface area (Å²) in [7, 11) is 4.32. The van der Waals surface area contributed by atoms with Gasteiger partial charge in [0.2, 0.25) is 5.97 Å². The first-order valence-electron chi connectivity index (χ1n) is 17.8. The zero-order chi connectivity index (χ0) is 44.8. The number of benzene rings is 2. The summed E-state index contributed by atoms with van der Waals surface area (Å²) >= 11 is 0. The van der Waals surface area contributed by atoms with Gasteiger partial charge < -0.3 is 37.5 Å². The first-order valence-corrected chi connectivity index (χ1v) is 17.8. The van der Waals surface area contributed by atoms with Crippen molar-refractivity contribution in [2.45, 2.75) is 78.9 Å². The van der Waals surface area contributed by atoms with Crippen molar-refractivity contribution in [3.05, 3.63) is 96.1 Å². The molecule has 2 aliphatic heterocycles. The summed E-state index contributed by atoms with van der Waals surface area (Å²) in [5, 5.41) is 28.9. The molecule has 2 amide bonds. The Hall–Kier alpha value is -5.50. The molecule has 4 rings (SSSR count). The fraction of sp³-hybridized carbons (Fsp3) is 0.400. The number of ether oxygens (including phenoxy) is 2. The number of hydrogen-bond donors (Lipinski definition) is 3. The second-order valence-corrected chi connectivity index (χ2v) is 13.3. The summed E-state index contributed by atoms with van der Waals surface area (Å²) in [6.07, 6.45) is -1.83. The molecule has 2 heterocycles. The summed E-state index contributed by atoms with van der Waals surface area (Å²) in [4.78, 5) is 98.4. The quantitative estimate of drug-likeness (QED) is 0.130. The van der Waals surface area contributed by atoms with Gasteiger partial charge in [-0.1, -0.05) is 71.8 Å². The van der Waals surface area contributed by atoms with E-state index in [1.807, 2.05) is 48.5 Å². The second kappa shape index (κ2) is 28.1. The fourth-order valence-electron chi connectivity index (χ4n) is 5.63. The third kappa shape index (κ3) is 20.0.